The van der Waals surface area contributed by atoms with Crippen molar-refractivity contribution in [2.24, 2.45) is 0 Å². The van der Waals surface area contributed by atoms with Gasteiger partial charge in [-0.05, 0) is 131 Å². The third-order valence-electron chi connectivity index (χ3n) is 13.8. The quantitative estimate of drug-likeness (QED) is 0.145. The maximum atomic E-state index is 2.49. The van der Waals surface area contributed by atoms with Gasteiger partial charge in [0, 0.05) is 22.5 Å². The largest absolute Gasteiger partial charge is 0.310 e. The molecule has 1 aliphatic heterocycles. The van der Waals surface area contributed by atoms with Crippen molar-refractivity contribution in [1.29, 1.82) is 0 Å². The minimum Gasteiger partial charge on any atom is -0.310 e. The monoisotopic (exact) mass is 805 g/mol. The summed E-state index contributed by atoms with van der Waals surface area (Å²) < 4.78 is 0. The van der Waals surface area contributed by atoms with Gasteiger partial charge in [0.2, 0.25) is 0 Å². The van der Waals surface area contributed by atoms with Gasteiger partial charge in [-0.3, -0.25) is 0 Å². The lowest BCUT2D eigenvalue weighted by atomic mass is 9.74. The van der Waals surface area contributed by atoms with E-state index in [1.165, 1.54) is 81.6 Å². The summed E-state index contributed by atoms with van der Waals surface area (Å²) in [5.74, 6) is 0. The van der Waals surface area contributed by atoms with E-state index < -0.39 is 8.07 Å². The van der Waals surface area contributed by atoms with Gasteiger partial charge in [-0.15, -0.1) is 0 Å². The fraction of sp³-hybridized carbons (Fsp3) is 0.0333. The van der Waals surface area contributed by atoms with Crippen LogP contribution in [-0.4, -0.2) is 8.07 Å². The summed E-state index contributed by atoms with van der Waals surface area (Å²) in [4.78, 5) is 2.45. The molecule has 1 nitrogen and oxygen atoms in total. The first kappa shape index (κ1) is 36.3. The van der Waals surface area contributed by atoms with Crippen molar-refractivity contribution in [3.8, 4) is 33.4 Å². The number of benzene rings is 10. The molecule has 1 heterocycles. The van der Waals surface area contributed by atoms with E-state index in [1.54, 1.807) is 0 Å². The fourth-order valence-electron chi connectivity index (χ4n) is 10.9. The molecule has 0 spiro atoms. The van der Waals surface area contributed by atoms with Gasteiger partial charge in [-0.1, -0.05) is 200 Å². The molecule has 0 fully saturated rings. The molecule has 12 rings (SSSR count). The number of nitrogens with zero attached hydrogens (tertiary/aromatic N) is 1. The van der Waals surface area contributed by atoms with Gasteiger partial charge in [0.25, 0.3) is 0 Å². The van der Waals surface area contributed by atoms with Crippen LogP contribution in [0.3, 0.4) is 0 Å². The normalized spacial score (nSPS) is 13.8. The minimum absolute atomic E-state index is 0.248. The van der Waals surface area contributed by atoms with E-state index in [0.29, 0.717) is 0 Å². The topological polar surface area (TPSA) is 3.24 Å². The average Bonchev–Trinajstić information content (AvgIpc) is 3.80. The zero-order valence-electron chi connectivity index (χ0n) is 34.5. The van der Waals surface area contributed by atoms with E-state index in [0.717, 1.165) is 17.1 Å². The van der Waals surface area contributed by atoms with Crippen molar-refractivity contribution < 1.29 is 0 Å². The molecular weight excluding hydrogens is 763 g/mol. The highest BCUT2D eigenvalue weighted by Crippen LogP contribution is 2.52. The third-order valence-corrected chi connectivity index (χ3v) is 18.7. The van der Waals surface area contributed by atoms with Gasteiger partial charge in [0.1, 0.15) is 0 Å². The van der Waals surface area contributed by atoms with E-state index in [2.05, 4.69) is 254 Å². The van der Waals surface area contributed by atoms with Gasteiger partial charge >= 0.3 is 0 Å². The lowest BCUT2D eigenvalue weighted by molar-refractivity contribution is 0.714. The number of fused-ring (bicyclic) bond motifs is 7. The molecule has 0 N–H and O–H groups in total. The van der Waals surface area contributed by atoms with Crippen molar-refractivity contribution in [3.63, 3.8) is 0 Å². The predicted molar refractivity (Wildman–Crippen MR) is 264 cm³/mol. The predicted octanol–water partition coefficient (Wildman–Crippen LogP) is 12.7. The molecule has 0 saturated carbocycles. The molecule has 0 atom stereocenters. The van der Waals surface area contributed by atoms with Crippen LogP contribution in [0.5, 0.6) is 0 Å². The molecule has 0 aromatic heterocycles. The Balaban J connectivity index is 0.999. The van der Waals surface area contributed by atoms with Crippen LogP contribution in [0.25, 0.3) is 44.2 Å². The van der Waals surface area contributed by atoms with Crippen LogP contribution >= 0.6 is 0 Å². The van der Waals surface area contributed by atoms with Crippen LogP contribution in [0.1, 0.15) is 23.6 Å². The molecule has 2 heteroatoms. The Morgan fingerprint density at radius 2 is 0.871 bits per heavy atom. The lowest BCUT2D eigenvalue weighted by Crippen LogP contribution is -2.72. The number of anilines is 3. The van der Waals surface area contributed by atoms with Gasteiger partial charge in [-0.2, -0.15) is 0 Å². The molecule has 292 valence electrons. The second kappa shape index (κ2) is 14.3. The molecule has 0 radical (unpaired) electrons. The Bertz CT molecular complexity index is 3240. The summed E-state index contributed by atoms with van der Waals surface area (Å²) in [6.07, 6.45) is 0. The van der Waals surface area contributed by atoms with Crippen LogP contribution < -0.4 is 25.6 Å². The first-order valence-corrected chi connectivity index (χ1v) is 23.7. The second-order valence-electron chi connectivity index (χ2n) is 17.0. The highest BCUT2D eigenvalue weighted by molar-refractivity contribution is 7.22. The van der Waals surface area contributed by atoms with Gasteiger partial charge in [0.15, 0.2) is 8.07 Å². The summed E-state index contributed by atoms with van der Waals surface area (Å²) in [5, 5.41) is 8.13. The SMILES string of the molecule is CC1(c2cccc(-c3ccc(N(c4cccc([Si]5(c6ccccc6)c6ccccc6-c6ccccc65)c4)c4ccc5ccccc5c4)cc3)c2)c2ccccc2-c2ccccc21. The summed E-state index contributed by atoms with van der Waals surface area (Å²) in [6, 6.07) is 90.7. The Labute approximate surface area is 364 Å². The Hall–Kier alpha value is -7.52. The molecule has 0 saturated heterocycles. The smallest absolute Gasteiger partial charge is 0.180 e. The maximum Gasteiger partial charge on any atom is 0.180 e. The molecule has 1 aliphatic carbocycles. The second-order valence-corrected chi connectivity index (χ2v) is 20.7. The van der Waals surface area contributed by atoms with Crippen molar-refractivity contribution in [3.05, 3.63) is 259 Å². The van der Waals surface area contributed by atoms with E-state index in [1.807, 2.05) is 0 Å². The van der Waals surface area contributed by atoms with E-state index >= 15 is 0 Å². The van der Waals surface area contributed by atoms with Crippen LogP contribution in [0.4, 0.5) is 17.1 Å². The first-order chi connectivity index (χ1) is 30.6. The number of hydrogen-bond donors (Lipinski definition) is 0. The average molecular weight is 806 g/mol. The zero-order chi connectivity index (χ0) is 41.3. The van der Waals surface area contributed by atoms with E-state index in [-0.39, 0.29) is 5.41 Å². The van der Waals surface area contributed by atoms with E-state index in [9.17, 15) is 0 Å². The molecule has 0 amide bonds. The Morgan fingerprint density at radius 3 is 1.56 bits per heavy atom. The summed E-state index contributed by atoms with van der Waals surface area (Å²) >= 11 is 0. The maximum absolute atomic E-state index is 2.70. The zero-order valence-corrected chi connectivity index (χ0v) is 35.5. The molecule has 10 aromatic rings. The van der Waals surface area contributed by atoms with Crippen molar-refractivity contribution in [1.82, 2.24) is 0 Å². The van der Waals surface area contributed by atoms with Crippen molar-refractivity contribution >= 4 is 56.7 Å². The summed E-state index contributed by atoms with van der Waals surface area (Å²) in [6.45, 7) is 2.39. The lowest BCUT2D eigenvalue weighted by Gasteiger charge is -2.33. The molecular formula is C60H43NSi. The van der Waals surface area contributed by atoms with Crippen molar-refractivity contribution in [2.45, 2.75) is 12.3 Å². The highest BCUT2D eigenvalue weighted by atomic mass is 28.3. The molecule has 2 aliphatic rings. The van der Waals surface area contributed by atoms with Crippen LogP contribution in [-0.2, 0) is 5.41 Å². The first-order valence-electron chi connectivity index (χ1n) is 21.7. The molecule has 10 aromatic carbocycles. The molecule has 62 heavy (non-hydrogen) atoms. The highest BCUT2D eigenvalue weighted by Gasteiger charge is 2.48. The Morgan fingerprint density at radius 1 is 0.339 bits per heavy atom. The number of rotatable bonds is 7. The third kappa shape index (κ3) is 5.40. The van der Waals surface area contributed by atoms with Crippen molar-refractivity contribution in [2.75, 3.05) is 4.90 Å². The standard InChI is InChI=1S/C60H43NSi/c1-60(56-29-11-7-25-52(56)53-26-8-12-30-57(53)60)46-20-15-19-44(39-46)43-33-36-47(37-34-43)61(49-38-35-42-17-5-6-18-45(42)40-49)48-21-16-24-51(41-48)62(50-22-3-2-4-23-50)58-31-13-9-27-54(58)55-28-10-14-32-59(55)62/h2-41H,1H3. The minimum atomic E-state index is -2.70. The summed E-state index contributed by atoms with van der Waals surface area (Å²) in [7, 11) is -2.70. The van der Waals surface area contributed by atoms with Crippen LogP contribution in [0.2, 0.25) is 0 Å². The summed E-state index contributed by atoms with van der Waals surface area (Å²) in [5.41, 5.74) is 14.9. The van der Waals surface area contributed by atoms with Crippen LogP contribution in [0, 0.1) is 0 Å². The number of hydrogen-bond acceptors (Lipinski definition) is 1. The Kier molecular flexibility index (Phi) is 8.38. The van der Waals surface area contributed by atoms with Crippen LogP contribution in [0.15, 0.2) is 243 Å². The fourth-order valence-corrected chi connectivity index (χ4v) is 16.1. The van der Waals surface area contributed by atoms with Gasteiger partial charge in [-0.25, -0.2) is 0 Å². The molecule has 0 unspecified atom stereocenters. The van der Waals surface area contributed by atoms with E-state index in [4.69, 9.17) is 0 Å². The van der Waals surface area contributed by atoms with Gasteiger partial charge < -0.3 is 4.90 Å². The van der Waals surface area contributed by atoms with Gasteiger partial charge in [0.05, 0.1) is 0 Å². The molecule has 0 bridgehead atoms.